The molecule has 1 aliphatic rings. The highest BCUT2D eigenvalue weighted by Gasteiger charge is 2.32. The largest absolute Gasteiger partial charge is 0.417 e. The van der Waals surface area contributed by atoms with Gasteiger partial charge in [0.15, 0.2) is 0 Å². The van der Waals surface area contributed by atoms with Crippen molar-refractivity contribution in [3.63, 3.8) is 0 Å². The molecule has 1 aromatic heterocycles. The number of hydrogen-bond acceptors (Lipinski definition) is 3. The summed E-state index contributed by atoms with van der Waals surface area (Å²) in [7, 11) is 0. The Balaban J connectivity index is 2.13. The summed E-state index contributed by atoms with van der Waals surface area (Å²) >= 11 is 5.84. The highest BCUT2D eigenvalue weighted by molar-refractivity contribution is 6.33. The molecule has 1 fully saturated rings. The van der Waals surface area contributed by atoms with E-state index in [1.807, 2.05) is 0 Å². The van der Waals surface area contributed by atoms with Crippen molar-refractivity contribution >= 4 is 17.4 Å². The van der Waals surface area contributed by atoms with Crippen LogP contribution in [0.25, 0.3) is 0 Å². The molecule has 0 amide bonds. The van der Waals surface area contributed by atoms with Gasteiger partial charge in [-0.1, -0.05) is 24.4 Å². The number of rotatable bonds is 2. The summed E-state index contributed by atoms with van der Waals surface area (Å²) in [6.07, 6.45) is 0.242. The zero-order chi connectivity index (χ0) is 14.0. The number of alkyl halides is 3. The third kappa shape index (κ3) is 3.51. The molecule has 2 atom stereocenters. The summed E-state index contributed by atoms with van der Waals surface area (Å²) < 4.78 is 37.4. The molecule has 0 spiro atoms. The molecular formula is C12H15ClF3N3. The van der Waals surface area contributed by atoms with E-state index in [1.54, 1.807) is 0 Å². The van der Waals surface area contributed by atoms with Gasteiger partial charge in [0.1, 0.15) is 5.82 Å². The number of pyridine rings is 1. The highest BCUT2D eigenvalue weighted by atomic mass is 35.5. The first-order chi connectivity index (χ1) is 8.88. The molecule has 3 N–H and O–H groups in total. The monoisotopic (exact) mass is 293 g/mol. The predicted molar refractivity (Wildman–Crippen MR) is 68.1 cm³/mol. The second-order valence-electron chi connectivity index (χ2n) is 4.75. The first-order valence-corrected chi connectivity index (χ1v) is 6.50. The maximum absolute atomic E-state index is 12.5. The van der Waals surface area contributed by atoms with Crippen LogP contribution in [0, 0.1) is 0 Å². The van der Waals surface area contributed by atoms with Crippen molar-refractivity contribution in [2.24, 2.45) is 5.73 Å². The van der Waals surface area contributed by atoms with Crippen molar-refractivity contribution in [2.45, 2.75) is 43.9 Å². The molecular weight excluding hydrogens is 279 g/mol. The molecule has 0 bridgehead atoms. The number of nitrogens with one attached hydrogen (secondary N) is 1. The number of anilines is 1. The summed E-state index contributed by atoms with van der Waals surface area (Å²) in [4.78, 5) is 3.75. The third-order valence-corrected chi connectivity index (χ3v) is 3.60. The van der Waals surface area contributed by atoms with E-state index >= 15 is 0 Å². The number of hydrogen-bond donors (Lipinski definition) is 2. The molecule has 19 heavy (non-hydrogen) atoms. The molecule has 1 saturated carbocycles. The van der Waals surface area contributed by atoms with Crippen molar-refractivity contribution in [3.05, 3.63) is 22.8 Å². The maximum Gasteiger partial charge on any atom is 0.417 e. The summed E-state index contributed by atoms with van der Waals surface area (Å²) in [6, 6.07) is 0.870. The van der Waals surface area contributed by atoms with Gasteiger partial charge in [0.05, 0.1) is 10.6 Å². The van der Waals surface area contributed by atoms with Crippen LogP contribution in [-0.2, 0) is 6.18 Å². The Morgan fingerprint density at radius 3 is 2.58 bits per heavy atom. The molecule has 7 heteroatoms. The molecule has 3 nitrogen and oxygen atoms in total. The molecule has 106 valence electrons. The first kappa shape index (κ1) is 14.4. The summed E-state index contributed by atoms with van der Waals surface area (Å²) in [5.41, 5.74) is 5.11. The van der Waals surface area contributed by atoms with Crippen molar-refractivity contribution in [2.75, 3.05) is 5.32 Å². The van der Waals surface area contributed by atoms with Gasteiger partial charge in [-0.15, -0.1) is 0 Å². The van der Waals surface area contributed by atoms with Crippen molar-refractivity contribution in [1.82, 2.24) is 4.98 Å². The minimum Gasteiger partial charge on any atom is -0.365 e. The van der Waals surface area contributed by atoms with E-state index in [2.05, 4.69) is 10.3 Å². The molecule has 0 radical (unpaired) electrons. The van der Waals surface area contributed by atoms with Crippen LogP contribution in [0.4, 0.5) is 19.0 Å². The van der Waals surface area contributed by atoms with E-state index in [4.69, 9.17) is 17.3 Å². The lowest BCUT2D eigenvalue weighted by molar-refractivity contribution is -0.137. The Kier molecular flexibility index (Phi) is 4.20. The lowest BCUT2D eigenvalue weighted by Gasteiger charge is -2.30. The minimum atomic E-state index is -4.43. The van der Waals surface area contributed by atoms with Gasteiger partial charge in [-0.05, 0) is 18.9 Å². The zero-order valence-corrected chi connectivity index (χ0v) is 10.9. The van der Waals surface area contributed by atoms with Crippen LogP contribution < -0.4 is 11.1 Å². The highest BCUT2D eigenvalue weighted by Crippen LogP contribution is 2.33. The van der Waals surface area contributed by atoms with Crippen molar-refractivity contribution < 1.29 is 13.2 Å². The number of aromatic nitrogens is 1. The SMILES string of the molecule is N[C@@H]1CCCC[C@H]1Nc1ncc(C(F)(F)F)cc1Cl. The van der Waals surface area contributed by atoms with Crippen LogP contribution in [0.3, 0.4) is 0 Å². The minimum absolute atomic E-state index is 0.00971. The lowest BCUT2D eigenvalue weighted by atomic mass is 9.91. The molecule has 1 heterocycles. The van der Waals surface area contributed by atoms with Crippen LogP contribution >= 0.6 is 11.6 Å². The lowest BCUT2D eigenvalue weighted by Crippen LogP contribution is -2.42. The van der Waals surface area contributed by atoms with Crippen LogP contribution in [0.2, 0.25) is 5.02 Å². The molecule has 0 saturated heterocycles. The Hall–Kier alpha value is -1.01. The summed E-state index contributed by atoms with van der Waals surface area (Å²) in [5.74, 6) is 0.261. The fourth-order valence-corrected chi connectivity index (χ4v) is 2.43. The predicted octanol–water partition coefficient (Wildman–Crippen LogP) is 3.44. The quantitative estimate of drug-likeness (QED) is 0.878. The van der Waals surface area contributed by atoms with E-state index in [9.17, 15) is 13.2 Å². The van der Waals surface area contributed by atoms with Crippen LogP contribution in [0.5, 0.6) is 0 Å². The Labute approximate surface area is 114 Å². The second-order valence-corrected chi connectivity index (χ2v) is 5.16. The third-order valence-electron chi connectivity index (χ3n) is 3.31. The van der Waals surface area contributed by atoms with Crippen molar-refractivity contribution in [1.29, 1.82) is 0 Å². The van der Waals surface area contributed by atoms with Gasteiger partial charge in [0.25, 0.3) is 0 Å². The fourth-order valence-electron chi connectivity index (χ4n) is 2.21. The van der Waals surface area contributed by atoms with Gasteiger partial charge < -0.3 is 11.1 Å². The van der Waals surface area contributed by atoms with Gasteiger partial charge in [0, 0.05) is 18.3 Å². The average Bonchev–Trinajstić information content (AvgIpc) is 2.33. The molecule has 0 unspecified atom stereocenters. The molecule has 0 aliphatic heterocycles. The molecule has 2 rings (SSSR count). The van der Waals surface area contributed by atoms with Gasteiger partial charge in [-0.25, -0.2) is 4.98 Å². The topological polar surface area (TPSA) is 50.9 Å². The molecule has 1 aromatic rings. The first-order valence-electron chi connectivity index (χ1n) is 6.13. The Bertz CT molecular complexity index is 450. The van der Waals surface area contributed by atoms with Gasteiger partial charge in [-0.3, -0.25) is 0 Å². The van der Waals surface area contributed by atoms with E-state index in [0.29, 0.717) is 0 Å². The van der Waals surface area contributed by atoms with Crippen LogP contribution in [-0.4, -0.2) is 17.1 Å². The second kappa shape index (κ2) is 5.54. The van der Waals surface area contributed by atoms with Crippen LogP contribution in [0.15, 0.2) is 12.3 Å². The maximum atomic E-state index is 12.5. The smallest absolute Gasteiger partial charge is 0.365 e. The summed E-state index contributed by atoms with van der Waals surface area (Å²) in [6.45, 7) is 0. The summed E-state index contributed by atoms with van der Waals surface area (Å²) in [5, 5.41) is 3.01. The Morgan fingerprint density at radius 2 is 2.00 bits per heavy atom. The van der Waals surface area contributed by atoms with Crippen molar-refractivity contribution in [3.8, 4) is 0 Å². The number of nitrogens with two attached hydrogens (primary N) is 1. The van der Waals surface area contributed by atoms with E-state index in [-0.39, 0.29) is 22.9 Å². The van der Waals surface area contributed by atoms with E-state index in [1.165, 1.54) is 0 Å². The average molecular weight is 294 g/mol. The number of nitrogens with zero attached hydrogens (tertiary/aromatic N) is 1. The number of halogens is 4. The van der Waals surface area contributed by atoms with Gasteiger partial charge >= 0.3 is 6.18 Å². The fraction of sp³-hybridized carbons (Fsp3) is 0.583. The van der Waals surface area contributed by atoms with Crippen LogP contribution in [0.1, 0.15) is 31.2 Å². The Morgan fingerprint density at radius 1 is 1.32 bits per heavy atom. The van der Waals surface area contributed by atoms with Gasteiger partial charge in [0.2, 0.25) is 0 Å². The molecule has 0 aromatic carbocycles. The zero-order valence-electron chi connectivity index (χ0n) is 10.2. The normalized spacial score (nSPS) is 24.3. The van der Waals surface area contributed by atoms with Gasteiger partial charge in [-0.2, -0.15) is 13.2 Å². The molecule has 1 aliphatic carbocycles. The standard InChI is InChI=1S/C12H15ClF3N3/c13-8-5-7(12(14,15)16)6-18-11(8)19-10-4-2-1-3-9(10)17/h5-6,9-10H,1-4,17H2,(H,18,19)/t9-,10-/m1/s1. The van der Waals surface area contributed by atoms with E-state index in [0.717, 1.165) is 37.9 Å². The van der Waals surface area contributed by atoms with E-state index < -0.39 is 11.7 Å².